The summed E-state index contributed by atoms with van der Waals surface area (Å²) in [7, 11) is 1.30. The number of carboxylic acid groups (broad SMARTS) is 1. The highest BCUT2D eigenvalue weighted by atomic mass is 16.5. The Hall–Kier alpha value is -2.63. The van der Waals surface area contributed by atoms with Crippen LogP contribution in [0.5, 0.6) is 0 Å². The van der Waals surface area contributed by atoms with Crippen LogP contribution in [0.4, 0.5) is 5.69 Å². The largest absolute Gasteiger partial charge is 0.481 e. The first-order valence-corrected chi connectivity index (χ1v) is 7.31. The van der Waals surface area contributed by atoms with Crippen molar-refractivity contribution in [1.82, 2.24) is 0 Å². The van der Waals surface area contributed by atoms with E-state index < -0.39 is 23.8 Å². The minimum Gasteiger partial charge on any atom is -0.481 e. The minimum atomic E-state index is -0.965. The fraction of sp³-hybridized carbons (Fsp3) is 0.353. The van der Waals surface area contributed by atoms with Gasteiger partial charge in [0.25, 0.3) is 0 Å². The van der Waals surface area contributed by atoms with Crippen LogP contribution in [-0.2, 0) is 14.3 Å². The smallest absolute Gasteiger partial charge is 0.337 e. The molecule has 0 aliphatic heterocycles. The first kappa shape index (κ1) is 16.7. The molecule has 1 aromatic rings. The minimum absolute atomic E-state index is 0.323. The Bertz CT molecular complexity index is 665. The number of benzene rings is 1. The molecular weight excluding hydrogens is 298 g/mol. The number of methoxy groups -OCH3 is 1. The Kier molecular flexibility index (Phi) is 5.16. The Morgan fingerprint density at radius 2 is 1.83 bits per heavy atom. The van der Waals surface area contributed by atoms with Gasteiger partial charge in [0.2, 0.25) is 5.91 Å². The number of hydrogen-bond donors (Lipinski definition) is 2. The summed E-state index contributed by atoms with van der Waals surface area (Å²) in [6, 6.07) is 4.80. The fourth-order valence-corrected chi connectivity index (χ4v) is 2.65. The van der Waals surface area contributed by atoms with E-state index in [0.29, 0.717) is 29.7 Å². The molecule has 2 atom stereocenters. The Morgan fingerprint density at radius 1 is 1.17 bits per heavy atom. The highest BCUT2D eigenvalue weighted by Gasteiger charge is 2.34. The molecule has 0 saturated heterocycles. The van der Waals surface area contributed by atoms with Crippen LogP contribution in [0.15, 0.2) is 30.4 Å². The number of carbonyl (C=O) groups excluding carboxylic acids is 2. The number of rotatable bonds is 4. The van der Waals surface area contributed by atoms with Gasteiger partial charge in [0.1, 0.15) is 0 Å². The molecular formula is C17H19NO5. The van der Waals surface area contributed by atoms with Crippen molar-refractivity contribution < 1.29 is 24.2 Å². The predicted octanol–water partition coefficient (Wildman–Crippen LogP) is 2.39. The Balaban J connectivity index is 2.15. The van der Waals surface area contributed by atoms with Gasteiger partial charge in [-0.25, -0.2) is 4.79 Å². The SMILES string of the molecule is COC(=O)c1ccc(NC(=O)C2CC=CCC2C(=O)O)c(C)c1. The standard InChI is InChI=1S/C17H19NO5/c1-10-9-11(17(22)23-2)7-8-14(10)18-15(19)12-5-3-4-6-13(12)16(20)21/h3-4,7-9,12-13H,5-6H2,1-2H3,(H,18,19)(H,20,21). The lowest BCUT2D eigenvalue weighted by molar-refractivity contribution is -0.146. The number of allylic oxidation sites excluding steroid dienone is 2. The van der Waals surface area contributed by atoms with Gasteiger partial charge < -0.3 is 15.2 Å². The van der Waals surface area contributed by atoms with Crippen LogP contribution in [-0.4, -0.2) is 30.1 Å². The molecule has 0 heterocycles. The number of carboxylic acids is 1. The lowest BCUT2D eigenvalue weighted by atomic mass is 9.82. The van der Waals surface area contributed by atoms with Gasteiger partial charge in [-0.1, -0.05) is 12.2 Å². The third-order valence-electron chi connectivity index (χ3n) is 3.99. The maximum Gasteiger partial charge on any atom is 0.337 e. The van der Waals surface area contributed by atoms with Crippen LogP contribution >= 0.6 is 0 Å². The van der Waals surface area contributed by atoms with E-state index in [1.165, 1.54) is 7.11 Å². The molecule has 0 aromatic heterocycles. The third-order valence-corrected chi connectivity index (χ3v) is 3.99. The lowest BCUT2D eigenvalue weighted by Gasteiger charge is -2.24. The van der Waals surface area contributed by atoms with Crippen molar-refractivity contribution in [1.29, 1.82) is 0 Å². The van der Waals surface area contributed by atoms with Gasteiger partial charge in [-0.15, -0.1) is 0 Å². The molecule has 0 spiro atoms. The molecule has 1 aliphatic rings. The highest BCUT2D eigenvalue weighted by Crippen LogP contribution is 2.28. The molecule has 1 amide bonds. The first-order chi connectivity index (χ1) is 10.9. The van der Waals surface area contributed by atoms with Crippen LogP contribution in [0.2, 0.25) is 0 Å². The number of ether oxygens (including phenoxy) is 1. The van der Waals surface area contributed by atoms with E-state index in [1.807, 2.05) is 6.08 Å². The molecule has 122 valence electrons. The quantitative estimate of drug-likeness (QED) is 0.657. The monoisotopic (exact) mass is 317 g/mol. The van der Waals surface area contributed by atoms with Crippen molar-refractivity contribution in [3.63, 3.8) is 0 Å². The zero-order chi connectivity index (χ0) is 17.0. The van der Waals surface area contributed by atoms with Crippen molar-refractivity contribution >= 4 is 23.5 Å². The molecule has 23 heavy (non-hydrogen) atoms. The van der Waals surface area contributed by atoms with Crippen molar-refractivity contribution in [2.45, 2.75) is 19.8 Å². The van der Waals surface area contributed by atoms with Crippen LogP contribution in [0, 0.1) is 18.8 Å². The number of aliphatic carboxylic acids is 1. The molecule has 0 bridgehead atoms. The highest BCUT2D eigenvalue weighted by molar-refractivity contribution is 5.97. The predicted molar refractivity (Wildman–Crippen MR) is 84.1 cm³/mol. The number of nitrogens with one attached hydrogen (secondary N) is 1. The fourth-order valence-electron chi connectivity index (χ4n) is 2.65. The molecule has 2 N–H and O–H groups in total. The summed E-state index contributed by atoms with van der Waals surface area (Å²) in [6.45, 7) is 1.76. The molecule has 0 fully saturated rings. The number of carbonyl (C=O) groups is 3. The zero-order valence-corrected chi connectivity index (χ0v) is 13.0. The summed E-state index contributed by atoms with van der Waals surface area (Å²) in [4.78, 5) is 35.2. The van der Waals surface area contributed by atoms with Crippen molar-refractivity contribution in [3.8, 4) is 0 Å². The third kappa shape index (κ3) is 3.77. The zero-order valence-electron chi connectivity index (χ0n) is 13.0. The first-order valence-electron chi connectivity index (χ1n) is 7.31. The molecule has 6 nitrogen and oxygen atoms in total. The Morgan fingerprint density at radius 3 is 2.39 bits per heavy atom. The summed E-state index contributed by atoms with van der Waals surface area (Å²) < 4.78 is 4.65. The van der Waals surface area contributed by atoms with Crippen LogP contribution in [0.3, 0.4) is 0 Å². The molecule has 2 unspecified atom stereocenters. The van der Waals surface area contributed by atoms with Gasteiger partial charge in [0, 0.05) is 5.69 Å². The molecule has 1 aliphatic carbocycles. The normalized spacial score (nSPS) is 19.9. The summed E-state index contributed by atoms with van der Waals surface area (Å²) in [5, 5.41) is 12.0. The van der Waals surface area contributed by atoms with E-state index in [9.17, 15) is 19.5 Å². The van der Waals surface area contributed by atoms with Gasteiger partial charge in [-0.2, -0.15) is 0 Å². The van der Waals surface area contributed by atoms with Gasteiger partial charge in [-0.05, 0) is 43.5 Å². The van der Waals surface area contributed by atoms with Gasteiger partial charge in [0.15, 0.2) is 0 Å². The van der Waals surface area contributed by atoms with E-state index in [-0.39, 0.29) is 5.91 Å². The van der Waals surface area contributed by atoms with Gasteiger partial charge in [0.05, 0.1) is 24.5 Å². The second-order valence-electron chi connectivity index (χ2n) is 5.50. The molecule has 6 heteroatoms. The van der Waals surface area contributed by atoms with E-state index in [4.69, 9.17) is 0 Å². The van der Waals surface area contributed by atoms with E-state index in [2.05, 4.69) is 10.1 Å². The van der Waals surface area contributed by atoms with E-state index in [1.54, 1.807) is 31.2 Å². The maximum absolute atomic E-state index is 12.4. The number of amides is 1. The van der Waals surface area contributed by atoms with E-state index >= 15 is 0 Å². The number of hydrogen-bond acceptors (Lipinski definition) is 4. The van der Waals surface area contributed by atoms with Crippen molar-refractivity contribution in [2.75, 3.05) is 12.4 Å². The van der Waals surface area contributed by atoms with Crippen molar-refractivity contribution in [2.24, 2.45) is 11.8 Å². The topological polar surface area (TPSA) is 92.7 Å². The molecule has 0 saturated carbocycles. The molecule has 2 rings (SSSR count). The van der Waals surface area contributed by atoms with Crippen LogP contribution < -0.4 is 5.32 Å². The summed E-state index contributed by atoms with van der Waals surface area (Å²) in [5.41, 5.74) is 1.66. The average molecular weight is 317 g/mol. The van der Waals surface area contributed by atoms with Crippen molar-refractivity contribution in [3.05, 3.63) is 41.5 Å². The number of aryl methyl sites for hydroxylation is 1. The molecule has 1 aromatic carbocycles. The Labute approximate surface area is 134 Å². The van der Waals surface area contributed by atoms with E-state index in [0.717, 1.165) is 0 Å². The van der Waals surface area contributed by atoms with Gasteiger partial charge >= 0.3 is 11.9 Å². The second-order valence-corrected chi connectivity index (χ2v) is 5.50. The average Bonchev–Trinajstić information content (AvgIpc) is 2.55. The van der Waals surface area contributed by atoms with Crippen LogP contribution in [0.25, 0.3) is 0 Å². The second kappa shape index (κ2) is 7.09. The summed E-state index contributed by atoms with van der Waals surface area (Å²) in [5.74, 6) is -3.05. The maximum atomic E-state index is 12.4. The molecule has 0 radical (unpaired) electrons. The number of anilines is 1. The summed E-state index contributed by atoms with van der Waals surface area (Å²) in [6.07, 6.45) is 4.38. The summed E-state index contributed by atoms with van der Waals surface area (Å²) >= 11 is 0. The lowest BCUT2D eigenvalue weighted by Crippen LogP contribution is -2.34. The van der Waals surface area contributed by atoms with Crippen LogP contribution in [0.1, 0.15) is 28.8 Å². The van der Waals surface area contributed by atoms with Gasteiger partial charge in [-0.3, -0.25) is 9.59 Å². The number of esters is 1.